The molecular formula is C124H495N2O6PdSi2-. The first-order valence-electron chi connectivity index (χ1n) is 199. The maximum Gasteiger partial charge on any atom is 0.215 e. The van der Waals surface area contributed by atoms with E-state index in [1.54, 1.807) is 17.2 Å². The Bertz CT molecular complexity index is 4810. The Kier molecular flexibility index (Phi) is 10.5. The van der Waals surface area contributed by atoms with Gasteiger partial charge in [0.05, 0.1) is 42.1 Å². The molecule has 19 atom stereocenters. The van der Waals surface area contributed by atoms with Crippen molar-refractivity contribution in [3.05, 3.63) is 101 Å². The Morgan fingerprint density at radius 1 is 0.504 bits per heavy atom. The summed E-state index contributed by atoms with van der Waals surface area (Å²) in [5, 5.41) is 39.5. The molecule has 0 aromatic rings. The Hall–Kier alpha value is -4.17. The Morgan fingerprint density at radius 2 is 0.867 bits per heavy atom. The third-order valence-electron chi connectivity index (χ3n) is 38.1. The van der Waals surface area contributed by atoms with Crippen molar-refractivity contribution in [2.45, 2.75) is 462 Å². The first-order valence-corrected chi connectivity index (χ1v) is 61.6. The van der Waals surface area contributed by atoms with Crippen molar-refractivity contribution in [3.63, 3.8) is 0 Å². The number of rotatable bonds is 22. The van der Waals surface area contributed by atoms with Crippen molar-refractivity contribution in [2.24, 2.45) is 135 Å². The molecule has 13 aliphatic rings. The van der Waals surface area contributed by atoms with Gasteiger partial charge in [0.1, 0.15) is 27.8 Å². The van der Waals surface area contributed by atoms with E-state index in [1.807, 2.05) is 6.08 Å². The number of nitrogens with zero attached hydrogens (tertiary/aromatic N) is 2. The molecule has 1 unspecified atom stereocenters. The normalized spacial score (nSPS) is 44.3. The van der Waals surface area contributed by atoms with Crippen LogP contribution >= 0.6 is 0 Å². The Morgan fingerprint density at radius 3 is 1.27 bits per heavy atom. The van der Waals surface area contributed by atoms with Gasteiger partial charge in [-0.15, -0.1) is 17.5 Å². The number of carbonyl (C=O) groups is 3. The molecule has 0 bridgehead atoms. The minimum absolute atomic E-state index is 0. The van der Waals surface area contributed by atoms with Crippen molar-refractivity contribution in [3.8, 4) is 41.3 Å². The van der Waals surface area contributed by atoms with Crippen molar-refractivity contribution < 1.29 is 481 Å². The predicted molar refractivity (Wildman–Crippen MR) is 887 cm³/mol. The van der Waals surface area contributed by atoms with Crippen LogP contribution in [0, 0.1) is 196 Å². The molecule has 7 saturated carbocycles. The van der Waals surface area contributed by atoms with Crippen LogP contribution in [0.5, 0.6) is 0 Å². The molecule has 135 heavy (non-hydrogen) atoms. The summed E-state index contributed by atoms with van der Waals surface area (Å²) >= 11 is 0. The first kappa shape index (κ1) is 28.4. The van der Waals surface area contributed by atoms with E-state index in [0.717, 1.165) is 138 Å². The standard InChI is InChI=1S/C23H38OSi.C23H40Si.C21H29NO.C19H34O.C18H27NO.C18H28O2.CH4.CH3.Pd.146H2/c1-8-9-12-22(4)20(18(2)3)11-14-23(15-16-25(5,6)7)13-10-19(24)17-21(22)23;1-8-9-14-22(4)20(19(2)3)13-16-23(17-18-24(5,6)7)15-11-10-12-21(22)23;1-6-8-10-20(5)17(15(3)4)9-11-21(7-2)13-16(14-22)18(23)12-19(20)21;1-5-6-11-18(4)16(15(2)3)10-13-19(14-20)12-8-7-9-17(18)19;1-14(2)15-8-10-18(13-20)9-6-5-7-16(18)17(15,3)11-12-19-4;1-16(2)13-7-11-18(12-19)9-5-4-6-14(18)17(13,3)10-8-15(16)20;;;;;;;;;;;;;;;;;;;;;;;;;;;;;;;;;;;;;;;;;;;;;;;;;;;;;;;;;;;;;;;;;;;;;;;;;;;;;;;;;;;;;;;;;;;;;;;;;;;;;;;;;;;;;;;;;;;;;;;;;;;;;;;;;;;;;;;;;;;;;;;;;;;;;/h17-18,20H,8-14H2,1-7H3;12,19-20H,8-11,13-16H2,1-7H3;2,12,15-17H,6,8-11,13H2,1,3-5H3;9,15-16,20H,5-8,10-14H2,1-4H3;7,15,20H,1,5-6,8-13H2,2-3H3;6,13,19H,4-5,7-12H2,1-3H3;1H4;1H3;;146*1H/q;;;;;;;-1;;;;;;;;;;;;;;;;;;;;;;;;;;;;;;;;;;;;;;;;;;;;;;;;;;;;;;;;;;;;;;;;;;;;;;;;;;;;;;;;;;;;;;;;;;;;;;;;;;;;;;;;;;;;;;;;;;;;;;;;;;;;;;;;;;;;;;;;;;;;;;;;;;;/t2*20-,22-,23+;16?,17-,20-,21-;16-,18-,19+;15-,17-,18+;13-,17-,18+;;;;;;;;;;;;;;;;;;;;;;;;;;;;;;;;;;;;;;;;;;;;;;;;;;;;;;;;;;;;;;;;;;;;;;;;;;;;;;;;;;;;;;;;;;;;;;;;;;;;;;;;;;;;;;;;;;;;;;;;;;;;;;;;;;;;;;;;;;;;;;;;;;;;;/m000000...................................................................................................................................................../s1/i;;;;;;;;;144*1+1D;2*1+1. The second kappa shape index (κ2) is 49.9. The van der Waals surface area contributed by atoms with E-state index < -0.39 is 22.1 Å². The summed E-state index contributed by atoms with van der Waals surface area (Å²) in [6.07, 6.45) is 67.8. The molecule has 1056 valence electrons. The zero-order valence-electron chi connectivity index (χ0n) is 379. The zero-order valence-corrected chi connectivity index (χ0v) is 95.0. The number of nitriles is 1. The summed E-state index contributed by atoms with van der Waals surface area (Å²) < 4.78 is 1440. The van der Waals surface area contributed by atoms with Crippen LogP contribution in [0.25, 0.3) is 4.85 Å². The minimum atomic E-state index is -1.42. The van der Waals surface area contributed by atoms with Gasteiger partial charge in [-0.25, -0.2) is 6.57 Å². The molecule has 11 heteroatoms. The van der Waals surface area contributed by atoms with Crippen LogP contribution in [-0.4, -0.2) is 75.2 Å². The van der Waals surface area contributed by atoms with E-state index in [1.165, 1.54) is 164 Å². The minimum Gasteiger partial charge on any atom is -0.395 e. The smallest absolute Gasteiger partial charge is 0.215 e. The van der Waals surface area contributed by atoms with E-state index in [2.05, 4.69) is 255 Å². The van der Waals surface area contributed by atoms with Gasteiger partial charge in [0.15, 0.2) is 11.6 Å². The number of Topliss-reactive ketones (excluding diaryl/α,β-unsaturated/α-hetero) is 1. The molecule has 0 heterocycles. The molecule has 7 fully saturated rings. The second-order valence-corrected chi connectivity index (χ2v) is 60.4. The topological polar surface area (TPSA) is 140 Å². The number of terminal acetylenes is 1. The number of carbonyl (C=O) groups excluding carboxylic acids is 3. The van der Waals surface area contributed by atoms with Crippen LogP contribution in [0.15, 0.2) is 82.0 Å². The van der Waals surface area contributed by atoms with E-state index in [-0.39, 0.29) is 117 Å². The predicted octanol–water partition coefficient (Wildman–Crippen LogP) is 69.1. The van der Waals surface area contributed by atoms with E-state index in [9.17, 15) is 35.0 Å². The largest absolute Gasteiger partial charge is 0.395 e. The fourth-order valence-corrected chi connectivity index (χ4v) is 32.4. The average Bonchev–Trinajstić information content (AvgIpc) is 0.702. The summed E-state index contributed by atoms with van der Waals surface area (Å²) in [6.45, 7) is 76.0. The number of fused-ring (bicyclic) bond motifs is 8. The van der Waals surface area contributed by atoms with E-state index in [4.69, 9.17) is 441 Å². The summed E-state index contributed by atoms with van der Waals surface area (Å²) in [5.74, 6) is 17.3. The fraction of sp³-hybridized carbons (Fsp3) is 0.790. The van der Waals surface area contributed by atoms with Crippen LogP contribution in [0.3, 0.4) is 0 Å². The molecule has 0 aliphatic heterocycles. The van der Waals surface area contributed by atoms with Crippen molar-refractivity contribution in [1.82, 2.24) is 0 Å². The number of hydrogen-bond acceptors (Lipinski definition) is 7. The molecule has 13 aliphatic carbocycles. The van der Waals surface area contributed by atoms with Crippen LogP contribution in [-0.2, 0) is 34.8 Å². The Balaban J connectivity index is -0.0000000139. The van der Waals surface area contributed by atoms with Crippen molar-refractivity contribution >= 4 is 33.5 Å². The SMILES string of the molecule is C.C#C[C@@]12CC[C@@H](C(C)C)[C@](C)(CCCC)C1=CC(=O)C(C#N)C2.CC1(C)C(=O)CC[C@]2(C)C3=CCCC[C@]3(CO)CC[C@@H]12.CCCC[C@]1(C)C2=CC(=O)CC[C@]2(C#C[Si](C)(C)C)CC[C@H]1C(C)C.CCCC[C@]1(C)C2=CCCC[C@]2(C#C[Si](C)(C)C)CC[C@H]1C(C)C.CCCC[C@]1(C)C2=CCCC[C@]2(CO)CC[C@H]1C(C)C.[2HH].[2HH].[2H][2H].[2H][2H].[2H][2H].[2H][2H].[2H][2H].[2H][2H].[2H][2H].[2H][2H].[2H][2H].[2H][2H].[2H][2H].[2H][2H].[2H][2H].[2H][2H].[2H][2H].[2H][2H].[2H][2H].[2H][2H].[2H][2H].[2H][2H].[2H][2H].[2H][2H].[2H][2H].[2H][2H].[2H][2H].[2H][2H].[2H][2H].[2H][2H].[2H][2H].[2H][2H].[2H][2H].[2H][2H].[2H][2H].[2H][2H].[2H][2H].[2H][2H].[2H][2H].[2H][2H].[2H][2H].[2H][2H].[2H][2H].[2H][2H].[2H][2H].[2H][2H].[2H][2H].[2H][2H].[2H][2H].[2H][2H].[2H][2H].[2H][2H].[2H][2H].[2H][2H].[2H][2H].[2H][2H].[2H][2H].[2H][2H].[2H][2H].[2H][2H].[2H][2H].[2H][2H].[2H][2H].[2H][2H].[2H][2H].[2H][2H].[2H][2H].[2H][2H].[2H][2H].[2H][2H].[2H][2H].[2H][2H].[2H][2H].[2H][2H].[2H][2H].[2H][2H].[2H][2H].[2H][2H].[2H][2H].[2H][2H].[2H][2H].[2H][2H].[2H][2H].[2H][2H].[2H][2H].[2H][2H].[2H][2H].[2H][2H].[2H][2H].[2H][2H].[2H][2H].[2H][2H].[2H][2H].[2H][2H].[2H][2H].[2H][2H].[2H][2H].[2H][2H].[2H][2H].[2H][2H].[2H][2H].[2H][2H].[2H][2H].[2H][2H].[2H][2H].[2H][2H].[2H][2H].[2H][2H].[2H][2H].[2H][2H].[2H][2H].[2H][2H].[2H][2H].[2H][2H].[2H][2H].[2H][2H].[2H][2H].[2H][2H].[2H][2H].[2H][2H].[2H][2H].[2H][2H].[2H][2H].[2H][2H].[2H][2H].[2H][2H].[2H][2H].[2H][2H].[2H][2H].[2H][2H].[2H][2H].[2H][2H].[2H][2H].[2H][2H].[2H][2H].[2H][2H].[2H][2H].[2H][2H].[2H][2H].[2H][2H].[2H][2H].[2H][2H].[2H][2H].[2H][2H].[2H][2H].[2H][2H].[C-]#[N+]CC[C@]1(C)C2=CCCC[C@]2(CO)CC[C@H]1C(=C)C.[CH3-].[Pd]. The molecule has 0 amide bonds. The molecule has 0 aromatic carbocycles. The fourth-order valence-electron chi connectivity index (χ4n) is 31.2. The maximum atomic E-state index is 12.4. The van der Waals surface area contributed by atoms with Gasteiger partial charge < -0.3 is 27.6 Å². The summed E-state index contributed by atoms with van der Waals surface area (Å²) in [6, 6.07) is 2.16. The van der Waals surface area contributed by atoms with Gasteiger partial charge in [-0.2, -0.15) is 5.26 Å². The number of aliphatic hydroxyl groups excluding tert-OH is 3. The molecule has 13 rings (SSSR count). The van der Waals surface area contributed by atoms with Gasteiger partial charge >= 0.3 is 0 Å². The van der Waals surface area contributed by atoms with Gasteiger partial charge in [-0.1, -0.05) is 307 Å². The van der Waals surface area contributed by atoms with Crippen LogP contribution < -0.4 is 0 Å². The van der Waals surface area contributed by atoms with Crippen LogP contribution in [0.2, 0.25) is 39.3 Å². The summed E-state index contributed by atoms with van der Waals surface area (Å²) in [4.78, 5) is 40.7. The van der Waals surface area contributed by atoms with Gasteiger partial charge in [-0.3, -0.25) is 14.4 Å². The third kappa shape index (κ3) is 26.0. The van der Waals surface area contributed by atoms with Crippen molar-refractivity contribution in [2.75, 3.05) is 26.4 Å². The zero-order chi connectivity index (χ0) is 386. The monoisotopic (exact) mass is 2560 g/mol. The number of hydrogen-bond donors (Lipinski definition) is 3. The second-order valence-electron chi connectivity index (χ2n) is 50.9. The van der Waals surface area contributed by atoms with Crippen molar-refractivity contribution in [1.29, 1.82) is 5.26 Å². The van der Waals surface area contributed by atoms with Gasteiger partial charge in [0.2, 0.25) is 6.54 Å². The molecule has 0 radical (unpaired) electrons. The molecule has 0 saturated heterocycles. The number of ketones is 3. The Labute approximate surface area is 1300 Å². The average molecular weight is 2570 g/mol. The quantitative estimate of drug-likeness (QED) is 0.0424. The summed E-state index contributed by atoms with van der Waals surface area (Å²) in [7, 11) is -2.75. The molecule has 0 aromatic heterocycles. The number of aliphatic hydroxyl groups is 3. The maximum absolute atomic E-state index is 12.4. The van der Waals surface area contributed by atoms with Gasteiger partial charge in [-0.05, 0) is 321 Å². The van der Waals surface area contributed by atoms with E-state index >= 15 is 0 Å². The number of unbranched alkanes of at least 4 members (excludes halogenated alkanes) is 4. The molecule has 0 spiro atoms. The van der Waals surface area contributed by atoms with Gasteiger partial charge in [0.25, 0.3) is 0 Å². The first-order chi connectivity index (χ1) is 206. The summed E-state index contributed by atoms with van der Waals surface area (Å²) in [5.41, 5.74) is 18.2. The number of allylic oxidation sites excluding steroid dienone is 10. The van der Waals surface area contributed by atoms with Gasteiger partial charge in [0, 0.05) is 497 Å². The van der Waals surface area contributed by atoms with Crippen LogP contribution in [0.4, 0.5) is 0 Å². The molecular weight excluding hydrogens is 1780 g/mol. The van der Waals surface area contributed by atoms with Crippen LogP contribution in [0.1, 0.15) is 853 Å². The molecule has 8 nitrogen and oxygen atoms in total. The third-order valence-corrected chi connectivity index (χ3v) is 39.9. The van der Waals surface area contributed by atoms with E-state index in [0.29, 0.717) is 90.3 Å². The molecule has 3 N–H and O–H groups in total.